The first kappa shape index (κ1) is 15.9. The number of methoxy groups -OCH3 is 1. The highest BCUT2D eigenvalue weighted by Crippen LogP contribution is 2.14. The summed E-state index contributed by atoms with van der Waals surface area (Å²) in [6.45, 7) is 2.69. The zero-order valence-corrected chi connectivity index (χ0v) is 12.2. The van der Waals surface area contributed by atoms with Crippen LogP contribution in [0.25, 0.3) is 0 Å². The van der Waals surface area contributed by atoms with Crippen LogP contribution < -0.4 is 5.32 Å². The van der Waals surface area contributed by atoms with Crippen LogP contribution in [0.3, 0.4) is 0 Å². The van der Waals surface area contributed by atoms with Gasteiger partial charge in [-0.3, -0.25) is 4.79 Å². The van der Waals surface area contributed by atoms with E-state index >= 15 is 0 Å². The predicted molar refractivity (Wildman–Crippen MR) is 69.5 cm³/mol. The zero-order valence-electron chi connectivity index (χ0n) is 10.7. The van der Waals surface area contributed by atoms with Gasteiger partial charge in [-0.2, -0.15) is 0 Å². The van der Waals surface area contributed by atoms with Crippen molar-refractivity contribution in [3.05, 3.63) is 12.5 Å². The molecule has 0 aliphatic heterocycles. The molecule has 0 saturated heterocycles. The predicted octanol–water partition coefficient (Wildman–Crippen LogP) is 0.524. The van der Waals surface area contributed by atoms with E-state index in [4.69, 9.17) is 15.4 Å². The second kappa shape index (κ2) is 6.88. The van der Waals surface area contributed by atoms with Crippen LogP contribution in [0.5, 0.6) is 0 Å². The number of carbonyl (C=O) groups is 1. The molecule has 0 aliphatic carbocycles. The minimum absolute atomic E-state index is 0.230. The van der Waals surface area contributed by atoms with Gasteiger partial charge in [-0.25, -0.2) is 13.4 Å². The number of imidazole rings is 1. The third-order valence-corrected chi connectivity index (χ3v) is 3.66. The third kappa shape index (κ3) is 4.81. The first-order valence-electron chi connectivity index (χ1n) is 5.61. The summed E-state index contributed by atoms with van der Waals surface area (Å²) in [5.74, 6) is -0.230. The molecule has 0 spiro atoms. The van der Waals surface area contributed by atoms with Crippen molar-refractivity contribution < 1.29 is 17.9 Å². The average Bonchev–Trinajstić information content (AvgIpc) is 2.82. The number of hydrogen-bond donors (Lipinski definition) is 1. The van der Waals surface area contributed by atoms with Gasteiger partial charge in [0.15, 0.2) is 5.03 Å². The molecule has 0 fully saturated rings. The number of nitrogens with one attached hydrogen (secondary N) is 1. The van der Waals surface area contributed by atoms with E-state index in [1.54, 1.807) is 14.0 Å². The number of aromatic nitrogens is 2. The van der Waals surface area contributed by atoms with Gasteiger partial charge in [0.1, 0.15) is 6.04 Å². The molecule has 0 radical (unpaired) electrons. The molecule has 0 bridgehead atoms. The van der Waals surface area contributed by atoms with E-state index in [0.717, 1.165) is 0 Å². The van der Waals surface area contributed by atoms with E-state index < -0.39 is 15.1 Å². The lowest BCUT2D eigenvalue weighted by atomic mass is 10.3. The van der Waals surface area contributed by atoms with E-state index in [0.29, 0.717) is 19.6 Å². The van der Waals surface area contributed by atoms with Crippen molar-refractivity contribution in [3.8, 4) is 0 Å². The lowest BCUT2D eigenvalue weighted by Crippen LogP contribution is -2.31. The maximum Gasteiger partial charge on any atom is 0.280 e. The number of nitrogens with zero attached hydrogens (tertiary/aromatic N) is 2. The van der Waals surface area contributed by atoms with Crippen molar-refractivity contribution in [1.82, 2.24) is 14.9 Å². The first-order valence-corrected chi connectivity index (χ1v) is 7.92. The van der Waals surface area contributed by atoms with Crippen LogP contribution in [0.4, 0.5) is 0 Å². The molecule has 0 aromatic carbocycles. The van der Waals surface area contributed by atoms with Crippen LogP contribution in [0.1, 0.15) is 19.4 Å². The molecule has 0 aliphatic rings. The van der Waals surface area contributed by atoms with Crippen molar-refractivity contribution in [2.24, 2.45) is 0 Å². The molecule has 1 unspecified atom stereocenters. The number of amides is 1. The molecule has 108 valence electrons. The fourth-order valence-corrected chi connectivity index (χ4v) is 2.03. The Morgan fingerprint density at radius 2 is 2.32 bits per heavy atom. The van der Waals surface area contributed by atoms with Crippen LogP contribution in [-0.4, -0.2) is 44.1 Å². The van der Waals surface area contributed by atoms with Gasteiger partial charge in [0.2, 0.25) is 5.91 Å². The molecule has 1 rings (SSSR count). The summed E-state index contributed by atoms with van der Waals surface area (Å²) in [6.07, 6.45) is 3.19. The Kier molecular flexibility index (Phi) is 5.77. The molecule has 1 amide bonds. The highest BCUT2D eigenvalue weighted by atomic mass is 35.7. The van der Waals surface area contributed by atoms with Crippen molar-refractivity contribution in [1.29, 1.82) is 0 Å². The normalized spacial score (nSPS) is 13.2. The fourth-order valence-electron chi connectivity index (χ4n) is 1.37. The number of carbonyl (C=O) groups excluding carboxylic acids is 1. The van der Waals surface area contributed by atoms with E-state index in [1.807, 2.05) is 0 Å². The minimum atomic E-state index is -3.87. The molecule has 1 aromatic heterocycles. The van der Waals surface area contributed by atoms with Gasteiger partial charge in [-0.15, -0.1) is 0 Å². The summed E-state index contributed by atoms with van der Waals surface area (Å²) >= 11 is 0. The van der Waals surface area contributed by atoms with E-state index in [2.05, 4.69) is 10.3 Å². The molecule has 1 heterocycles. The number of ether oxygens (including phenoxy) is 1. The Balaban J connectivity index is 2.60. The van der Waals surface area contributed by atoms with Crippen molar-refractivity contribution in [2.75, 3.05) is 20.3 Å². The van der Waals surface area contributed by atoms with Crippen LogP contribution in [0.2, 0.25) is 0 Å². The summed E-state index contributed by atoms with van der Waals surface area (Å²) in [4.78, 5) is 15.4. The largest absolute Gasteiger partial charge is 0.385 e. The van der Waals surface area contributed by atoms with Crippen LogP contribution >= 0.6 is 10.7 Å². The lowest BCUT2D eigenvalue weighted by molar-refractivity contribution is -0.123. The molecule has 1 N–H and O–H groups in total. The Hall–Kier alpha value is -1.12. The van der Waals surface area contributed by atoms with E-state index in [9.17, 15) is 13.2 Å². The summed E-state index contributed by atoms with van der Waals surface area (Å²) < 4.78 is 28.4. The Morgan fingerprint density at radius 1 is 1.63 bits per heavy atom. The van der Waals surface area contributed by atoms with Gasteiger partial charge >= 0.3 is 0 Å². The third-order valence-electron chi connectivity index (χ3n) is 2.48. The van der Waals surface area contributed by atoms with Crippen molar-refractivity contribution >= 4 is 25.6 Å². The molecule has 0 saturated carbocycles. The number of halogens is 1. The van der Waals surface area contributed by atoms with Gasteiger partial charge in [0.25, 0.3) is 9.05 Å². The molecular weight excluding hydrogens is 294 g/mol. The van der Waals surface area contributed by atoms with Crippen LogP contribution in [0.15, 0.2) is 17.6 Å². The average molecular weight is 310 g/mol. The summed E-state index contributed by atoms with van der Waals surface area (Å²) in [5, 5.41) is 2.44. The van der Waals surface area contributed by atoms with Gasteiger partial charge in [-0.1, -0.05) is 0 Å². The minimum Gasteiger partial charge on any atom is -0.385 e. The summed E-state index contributed by atoms with van der Waals surface area (Å²) in [5.41, 5.74) is 0. The second-order valence-electron chi connectivity index (χ2n) is 3.91. The quantitative estimate of drug-likeness (QED) is 0.586. The Bertz CT molecular complexity index is 529. The molecule has 7 nitrogen and oxygen atoms in total. The molecule has 1 atom stereocenters. The van der Waals surface area contributed by atoms with E-state index in [-0.39, 0.29) is 10.9 Å². The maximum atomic E-state index is 11.8. The molecule has 1 aromatic rings. The van der Waals surface area contributed by atoms with E-state index in [1.165, 1.54) is 17.1 Å². The van der Waals surface area contributed by atoms with Gasteiger partial charge in [-0.05, 0) is 13.3 Å². The highest BCUT2D eigenvalue weighted by Gasteiger charge is 2.19. The molecule has 19 heavy (non-hydrogen) atoms. The zero-order chi connectivity index (χ0) is 14.5. The van der Waals surface area contributed by atoms with Crippen LogP contribution in [-0.2, 0) is 18.6 Å². The summed E-state index contributed by atoms with van der Waals surface area (Å²) in [6, 6.07) is -0.567. The van der Waals surface area contributed by atoms with Crippen molar-refractivity contribution in [2.45, 2.75) is 24.4 Å². The number of hydrogen-bond acceptors (Lipinski definition) is 5. The SMILES string of the molecule is COCCCNC(=O)C(C)n1cnc(S(=O)(=O)Cl)c1. The van der Waals surface area contributed by atoms with Gasteiger partial charge in [0.05, 0.1) is 6.33 Å². The second-order valence-corrected chi connectivity index (χ2v) is 6.42. The molecular formula is C10H16ClN3O4S. The van der Waals surface area contributed by atoms with Gasteiger partial charge in [0, 0.05) is 37.1 Å². The monoisotopic (exact) mass is 309 g/mol. The highest BCUT2D eigenvalue weighted by molar-refractivity contribution is 8.13. The topological polar surface area (TPSA) is 90.3 Å². The first-order chi connectivity index (χ1) is 8.86. The smallest absolute Gasteiger partial charge is 0.280 e. The lowest BCUT2D eigenvalue weighted by Gasteiger charge is -2.12. The van der Waals surface area contributed by atoms with Crippen molar-refractivity contribution in [3.63, 3.8) is 0 Å². The fraction of sp³-hybridized carbons (Fsp3) is 0.600. The van der Waals surface area contributed by atoms with Crippen LogP contribution in [0, 0.1) is 0 Å². The number of rotatable bonds is 7. The molecule has 9 heteroatoms. The standard InChI is InChI=1S/C10H16ClN3O4S/c1-8(10(15)12-4-3-5-18-2)14-6-9(13-7-14)19(11,16)17/h6-8H,3-5H2,1-2H3,(H,12,15). The Morgan fingerprint density at radius 3 is 2.84 bits per heavy atom. The maximum absolute atomic E-state index is 11.8. The Labute approximate surface area is 116 Å². The van der Waals surface area contributed by atoms with Gasteiger partial charge < -0.3 is 14.6 Å². The summed E-state index contributed by atoms with van der Waals surface area (Å²) in [7, 11) is 2.87.